The SMILES string of the molecule is COc1ccc(OC2=C(C(=O)O)C(C(=O)O)=CC(Oc3ccc(OC)cc3)(C(=O)O)C2C(=O)O)cc1. The zero-order valence-corrected chi connectivity index (χ0v) is 18.8. The average Bonchev–Trinajstić information content (AvgIpc) is 2.84. The van der Waals surface area contributed by atoms with Crippen LogP contribution >= 0.6 is 0 Å². The highest BCUT2D eigenvalue weighted by Crippen LogP contribution is 2.42. The first-order valence-corrected chi connectivity index (χ1v) is 10.1. The van der Waals surface area contributed by atoms with E-state index >= 15 is 0 Å². The molecule has 2 aromatic carbocycles. The van der Waals surface area contributed by atoms with Gasteiger partial charge in [-0.25, -0.2) is 14.4 Å². The molecule has 0 saturated carbocycles. The molecule has 0 fully saturated rings. The van der Waals surface area contributed by atoms with E-state index in [0.29, 0.717) is 17.6 Å². The molecule has 188 valence electrons. The van der Waals surface area contributed by atoms with Crippen molar-refractivity contribution >= 4 is 23.9 Å². The smallest absolute Gasteiger partial charge is 0.353 e. The van der Waals surface area contributed by atoms with E-state index < -0.39 is 52.3 Å². The molecule has 0 heterocycles. The molecule has 1 aliphatic rings. The number of methoxy groups -OCH3 is 2. The van der Waals surface area contributed by atoms with Crippen LogP contribution in [0.25, 0.3) is 0 Å². The molecule has 0 aromatic heterocycles. The summed E-state index contributed by atoms with van der Waals surface area (Å²) in [5.41, 5.74) is -4.98. The number of benzene rings is 2. The van der Waals surface area contributed by atoms with Crippen molar-refractivity contribution in [2.45, 2.75) is 5.60 Å². The van der Waals surface area contributed by atoms with Gasteiger partial charge in [-0.3, -0.25) is 4.79 Å². The Morgan fingerprint density at radius 2 is 1.19 bits per heavy atom. The van der Waals surface area contributed by atoms with Crippen LogP contribution in [0.3, 0.4) is 0 Å². The van der Waals surface area contributed by atoms with Crippen molar-refractivity contribution in [1.82, 2.24) is 0 Å². The Bertz CT molecular complexity index is 1260. The van der Waals surface area contributed by atoms with Crippen molar-refractivity contribution in [3.8, 4) is 23.0 Å². The summed E-state index contributed by atoms with van der Waals surface area (Å²) in [7, 11) is 2.78. The fourth-order valence-electron chi connectivity index (χ4n) is 3.56. The number of carbonyl (C=O) groups is 4. The number of ether oxygens (including phenoxy) is 4. The van der Waals surface area contributed by atoms with Gasteiger partial charge in [0, 0.05) is 0 Å². The molecule has 0 radical (unpaired) electrons. The van der Waals surface area contributed by atoms with Crippen LogP contribution < -0.4 is 18.9 Å². The van der Waals surface area contributed by atoms with Crippen molar-refractivity contribution < 1.29 is 58.6 Å². The Balaban J connectivity index is 2.27. The Labute approximate surface area is 203 Å². The first-order valence-electron chi connectivity index (χ1n) is 10.1. The predicted octanol–water partition coefficient (Wildman–Crippen LogP) is 2.05. The first kappa shape index (κ1) is 25.6. The maximum atomic E-state index is 12.6. The van der Waals surface area contributed by atoms with E-state index in [2.05, 4.69) is 0 Å². The normalized spacial score (nSPS) is 19.1. The number of hydrogen-bond donors (Lipinski definition) is 4. The van der Waals surface area contributed by atoms with Crippen molar-refractivity contribution in [1.29, 1.82) is 0 Å². The summed E-state index contributed by atoms with van der Waals surface area (Å²) >= 11 is 0. The summed E-state index contributed by atoms with van der Waals surface area (Å²) in [6.07, 6.45) is 0.449. The van der Waals surface area contributed by atoms with E-state index in [1.807, 2.05) is 0 Å². The second-order valence-corrected chi connectivity index (χ2v) is 7.33. The van der Waals surface area contributed by atoms with Gasteiger partial charge in [-0.15, -0.1) is 0 Å². The molecule has 12 nitrogen and oxygen atoms in total. The van der Waals surface area contributed by atoms with Gasteiger partial charge in [0.05, 0.1) is 19.8 Å². The van der Waals surface area contributed by atoms with Crippen molar-refractivity contribution in [2.24, 2.45) is 5.92 Å². The van der Waals surface area contributed by atoms with Crippen molar-refractivity contribution in [3.63, 3.8) is 0 Å². The molecule has 0 aliphatic heterocycles. The van der Waals surface area contributed by atoms with Gasteiger partial charge in [0.15, 0.2) is 5.92 Å². The minimum Gasteiger partial charge on any atom is -0.497 e. The minimum absolute atomic E-state index is 0.105. The van der Waals surface area contributed by atoms with Gasteiger partial charge in [0.2, 0.25) is 5.60 Å². The molecule has 2 unspecified atom stereocenters. The fourth-order valence-corrected chi connectivity index (χ4v) is 3.56. The van der Waals surface area contributed by atoms with Crippen LogP contribution in [0.2, 0.25) is 0 Å². The molecule has 0 bridgehead atoms. The lowest BCUT2D eigenvalue weighted by molar-refractivity contribution is -0.165. The summed E-state index contributed by atoms with van der Waals surface area (Å²) in [6.45, 7) is 0. The quantitative estimate of drug-likeness (QED) is 0.372. The standard InChI is InChI=1S/C24H20O12/c1-33-12-3-7-14(8-4-12)35-19-17(21(27)28)16(20(25)26)11-24(23(31)32,18(19)22(29)30)36-15-9-5-13(34-2)6-10-15/h3-11,18H,1-2H3,(H,25,26)(H,27,28)(H,29,30)(H,31,32). The predicted molar refractivity (Wildman–Crippen MR) is 119 cm³/mol. The average molecular weight is 500 g/mol. The van der Waals surface area contributed by atoms with Crippen LogP contribution in [0.4, 0.5) is 0 Å². The number of carboxylic acids is 4. The molecule has 4 N–H and O–H groups in total. The second-order valence-electron chi connectivity index (χ2n) is 7.33. The van der Waals surface area contributed by atoms with E-state index in [9.17, 15) is 39.6 Å². The largest absolute Gasteiger partial charge is 0.497 e. The Morgan fingerprint density at radius 1 is 0.722 bits per heavy atom. The van der Waals surface area contributed by atoms with E-state index in [-0.39, 0.29) is 11.5 Å². The van der Waals surface area contributed by atoms with E-state index in [0.717, 1.165) is 0 Å². The number of hydrogen-bond acceptors (Lipinski definition) is 8. The van der Waals surface area contributed by atoms with Crippen molar-refractivity contribution in [2.75, 3.05) is 14.2 Å². The zero-order chi connectivity index (χ0) is 26.6. The number of rotatable bonds is 10. The van der Waals surface area contributed by atoms with Gasteiger partial charge in [-0.2, -0.15) is 0 Å². The summed E-state index contributed by atoms with van der Waals surface area (Å²) in [6, 6.07) is 10.8. The Kier molecular flexibility index (Phi) is 7.18. The summed E-state index contributed by atoms with van der Waals surface area (Å²) in [4.78, 5) is 49.1. The molecule has 2 aromatic rings. The molecule has 1 aliphatic carbocycles. The first-order chi connectivity index (χ1) is 17.0. The zero-order valence-electron chi connectivity index (χ0n) is 18.8. The van der Waals surface area contributed by atoms with Gasteiger partial charge < -0.3 is 39.4 Å². The van der Waals surface area contributed by atoms with Gasteiger partial charge in [0.1, 0.15) is 34.3 Å². The molecule has 3 rings (SSSR count). The summed E-state index contributed by atoms with van der Waals surface area (Å²) < 4.78 is 21.2. The Hall–Kier alpha value is -5.00. The number of aliphatic carboxylic acids is 4. The van der Waals surface area contributed by atoms with Gasteiger partial charge >= 0.3 is 23.9 Å². The molecular formula is C24H20O12. The maximum absolute atomic E-state index is 12.6. The van der Waals surface area contributed by atoms with Crippen LogP contribution in [0.15, 0.2) is 71.5 Å². The molecule has 12 heteroatoms. The van der Waals surface area contributed by atoms with Gasteiger partial charge in [-0.05, 0) is 54.6 Å². The maximum Gasteiger partial charge on any atom is 0.353 e. The van der Waals surface area contributed by atoms with Gasteiger partial charge in [-0.1, -0.05) is 0 Å². The monoisotopic (exact) mass is 500 g/mol. The third-order valence-corrected chi connectivity index (χ3v) is 5.22. The minimum atomic E-state index is -2.91. The van der Waals surface area contributed by atoms with Crippen LogP contribution in [0, 0.1) is 5.92 Å². The van der Waals surface area contributed by atoms with Crippen LogP contribution in [0.1, 0.15) is 0 Å². The lowest BCUT2D eigenvalue weighted by Gasteiger charge is -2.37. The highest BCUT2D eigenvalue weighted by Gasteiger charge is 2.59. The molecule has 36 heavy (non-hydrogen) atoms. The van der Waals surface area contributed by atoms with E-state index in [1.165, 1.54) is 62.8 Å². The molecular weight excluding hydrogens is 480 g/mol. The second kappa shape index (κ2) is 10.1. The Morgan fingerprint density at radius 3 is 1.58 bits per heavy atom. The summed E-state index contributed by atoms with van der Waals surface area (Å²) in [5, 5.41) is 39.7. The van der Waals surface area contributed by atoms with Crippen LogP contribution in [0.5, 0.6) is 23.0 Å². The third kappa shape index (κ3) is 4.78. The highest BCUT2D eigenvalue weighted by molar-refractivity contribution is 6.09. The number of carboxylic acid groups (broad SMARTS) is 4. The van der Waals surface area contributed by atoms with Crippen LogP contribution in [-0.4, -0.2) is 64.1 Å². The van der Waals surface area contributed by atoms with E-state index in [1.54, 1.807) is 0 Å². The lowest BCUT2D eigenvalue weighted by Crippen LogP contribution is -2.56. The molecule has 2 atom stereocenters. The van der Waals surface area contributed by atoms with E-state index in [4.69, 9.17) is 18.9 Å². The fraction of sp³-hybridized carbons (Fsp3) is 0.167. The molecule has 0 amide bonds. The highest BCUT2D eigenvalue weighted by atomic mass is 16.5. The van der Waals surface area contributed by atoms with Gasteiger partial charge in [0.25, 0.3) is 0 Å². The third-order valence-electron chi connectivity index (χ3n) is 5.22. The molecule has 0 spiro atoms. The topological polar surface area (TPSA) is 186 Å². The summed E-state index contributed by atoms with van der Waals surface area (Å²) in [5.74, 6) is -10.2. The van der Waals surface area contributed by atoms with Crippen molar-refractivity contribution in [3.05, 3.63) is 71.5 Å². The molecule has 0 saturated heterocycles. The lowest BCUT2D eigenvalue weighted by atomic mass is 9.76. The van der Waals surface area contributed by atoms with Crippen LogP contribution in [-0.2, 0) is 19.2 Å².